The summed E-state index contributed by atoms with van der Waals surface area (Å²) in [7, 11) is 1.51. The number of hydrogen-bond acceptors (Lipinski definition) is 3. The van der Waals surface area contributed by atoms with Crippen molar-refractivity contribution in [2.45, 2.75) is 0 Å². The fourth-order valence-corrected chi connectivity index (χ4v) is 0.929. The van der Waals surface area contributed by atoms with E-state index in [0.29, 0.717) is 5.69 Å². The minimum Gasteiger partial charge on any atom is -0.465 e. The van der Waals surface area contributed by atoms with Gasteiger partial charge in [0.05, 0.1) is 12.4 Å². The smallest absolute Gasteiger partial charge is 0.411 e. The maximum Gasteiger partial charge on any atom is 0.411 e. The van der Waals surface area contributed by atoms with Crippen LogP contribution in [0.25, 0.3) is 0 Å². The van der Waals surface area contributed by atoms with Gasteiger partial charge >= 0.3 is 6.09 Å². The number of H-pyrrole nitrogens is 1. The van der Waals surface area contributed by atoms with Crippen LogP contribution in [0.2, 0.25) is 0 Å². The van der Waals surface area contributed by atoms with Crippen LogP contribution in [0.5, 0.6) is 0 Å². The molecule has 0 radical (unpaired) electrons. The number of carboxylic acid groups (broad SMARTS) is 1. The second-order valence-corrected chi connectivity index (χ2v) is 2.83. The van der Waals surface area contributed by atoms with Crippen LogP contribution in [0.3, 0.4) is 0 Å². The van der Waals surface area contributed by atoms with Crippen molar-refractivity contribution in [2.75, 3.05) is 11.9 Å². The highest BCUT2D eigenvalue weighted by Crippen LogP contribution is 2.10. The highest BCUT2D eigenvalue weighted by atomic mass is 16.4. The standard InChI is InChI=1S/C8H9NO2.C2H3N3/c1-9(8(10)11)7-5-3-2-4-6-7;1-2-4-5-3-1/h2-6H,1H3,(H,10,11);1-2H,(H,3,4,5). The molecule has 2 rings (SSSR count). The van der Waals surface area contributed by atoms with E-state index < -0.39 is 6.09 Å². The van der Waals surface area contributed by atoms with Crippen LogP contribution < -0.4 is 4.90 Å². The Balaban J connectivity index is 0.000000212. The molecule has 1 aromatic carbocycles. The Morgan fingerprint density at radius 2 is 1.81 bits per heavy atom. The SMILES string of the molecule is CN(C(=O)O)c1ccccc1.c1cn[nH]n1. The summed E-state index contributed by atoms with van der Waals surface area (Å²) in [6.07, 6.45) is 2.22. The molecular formula is C10H12N4O2. The summed E-state index contributed by atoms with van der Waals surface area (Å²) in [5, 5.41) is 17.9. The first kappa shape index (κ1) is 11.7. The molecule has 84 valence electrons. The van der Waals surface area contributed by atoms with Gasteiger partial charge in [0.2, 0.25) is 0 Å². The van der Waals surface area contributed by atoms with Gasteiger partial charge in [0.1, 0.15) is 0 Å². The molecule has 0 atom stereocenters. The summed E-state index contributed by atoms with van der Waals surface area (Å²) in [5.41, 5.74) is 0.681. The molecule has 0 saturated carbocycles. The van der Waals surface area contributed by atoms with Gasteiger partial charge in [0, 0.05) is 12.7 Å². The van der Waals surface area contributed by atoms with E-state index in [0.717, 1.165) is 0 Å². The van der Waals surface area contributed by atoms with Crippen molar-refractivity contribution in [3.05, 3.63) is 42.7 Å². The fourth-order valence-electron chi connectivity index (χ4n) is 0.929. The number of aromatic amines is 1. The quantitative estimate of drug-likeness (QED) is 0.764. The predicted molar refractivity (Wildman–Crippen MR) is 59.3 cm³/mol. The summed E-state index contributed by atoms with van der Waals surface area (Å²) in [5.74, 6) is 0. The zero-order valence-electron chi connectivity index (χ0n) is 8.74. The first-order valence-corrected chi connectivity index (χ1v) is 4.53. The third-order valence-electron chi connectivity index (χ3n) is 1.76. The first-order valence-electron chi connectivity index (χ1n) is 4.53. The second kappa shape index (κ2) is 6.18. The van der Waals surface area contributed by atoms with Crippen molar-refractivity contribution in [3.63, 3.8) is 0 Å². The number of hydrogen-bond donors (Lipinski definition) is 2. The normalized spacial score (nSPS) is 8.81. The first-order chi connectivity index (χ1) is 7.72. The monoisotopic (exact) mass is 220 g/mol. The summed E-state index contributed by atoms with van der Waals surface area (Å²) >= 11 is 0. The van der Waals surface area contributed by atoms with Crippen LogP contribution in [0.15, 0.2) is 42.7 Å². The predicted octanol–water partition coefficient (Wildman–Crippen LogP) is 1.61. The molecule has 1 amide bonds. The Hall–Kier alpha value is -2.37. The Morgan fingerprint density at radius 1 is 1.25 bits per heavy atom. The third-order valence-corrected chi connectivity index (χ3v) is 1.76. The van der Waals surface area contributed by atoms with Gasteiger partial charge in [-0.3, -0.25) is 4.90 Å². The van der Waals surface area contributed by atoms with E-state index in [-0.39, 0.29) is 0 Å². The van der Waals surface area contributed by atoms with E-state index in [1.165, 1.54) is 11.9 Å². The van der Waals surface area contributed by atoms with Crippen molar-refractivity contribution in [1.82, 2.24) is 15.4 Å². The summed E-state index contributed by atoms with van der Waals surface area (Å²) < 4.78 is 0. The maximum absolute atomic E-state index is 10.4. The molecule has 0 bridgehead atoms. The van der Waals surface area contributed by atoms with Gasteiger partial charge in [-0.15, -0.1) is 0 Å². The number of rotatable bonds is 1. The summed E-state index contributed by atoms with van der Waals surface area (Å²) in [4.78, 5) is 11.6. The number of nitrogens with zero attached hydrogens (tertiary/aromatic N) is 3. The number of anilines is 1. The number of carbonyl (C=O) groups is 1. The number of amides is 1. The largest absolute Gasteiger partial charge is 0.465 e. The lowest BCUT2D eigenvalue weighted by molar-refractivity contribution is 0.203. The molecule has 1 aromatic heterocycles. The number of para-hydroxylation sites is 1. The minimum atomic E-state index is -0.948. The molecule has 0 fully saturated rings. The fraction of sp³-hybridized carbons (Fsp3) is 0.100. The highest BCUT2D eigenvalue weighted by Gasteiger charge is 2.05. The molecule has 0 aliphatic heterocycles. The molecule has 16 heavy (non-hydrogen) atoms. The topological polar surface area (TPSA) is 82.1 Å². The van der Waals surface area contributed by atoms with Gasteiger partial charge in [-0.1, -0.05) is 18.2 Å². The van der Waals surface area contributed by atoms with E-state index in [4.69, 9.17) is 5.11 Å². The zero-order valence-corrected chi connectivity index (χ0v) is 8.74. The molecule has 2 aromatic rings. The van der Waals surface area contributed by atoms with Crippen LogP contribution in [-0.4, -0.2) is 33.7 Å². The number of nitrogens with one attached hydrogen (secondary N) is 1. The van der Waals surface area contributed by atoms with Gasteiger partial charge in [-0.25, -0.2) is 4.79 Å². The van der Waals surface area contributed by atoms with Crippen molar-refractivity contribution in [2.24, 2.45) is 0 Å². The molecule has 0 unspecified atom stereocenters. The van der Waals surface area contributed by atoms with Crippen molar-refractivity contribution in [3.8, 4) is 0 Å². The Labute approximate surface area is 92.5 Å². The van der Waals surface area contributed by atoms with E-state index in [1.807, 2.05) is 6.07 Å². The Bertz CT molecular complexity index is 385. The molecule has 1 heterocycles. The molecule has 2 N–H and O–H groups in total. The Morgan fingerprint density at radius 3 is 2.19 bits per heavy atom. The molecule has 6 nitrogen and oxygen atoms in total. The summed E-state index contributed by atoms with van der Waals surface area (Å²) in [6, 6.07) is 8.94. The van der Waals surface area contributed by atoms with E-state index in [2.05, 4.69) is 15.4 Å². The van der Waals surface area contributed by atoms with Crippen LogP contribution in [0, 0.1) is 0 Å². The average Bonchev–Trinajstić information content (AvgIpc) is 2.88. The molecule has 0 saturated heterocycles. The van der Waals surface area contributed by atoms with Crippen molar-refractivity contribution in [1.29, 1.82) is 0 Å². The van der Waals surface area contributed by atoms with Crippen LogP contribution in [-0.2, 0) is 0 Å². The lowest BCUT2D eigenvalue weighted by Gasteiger charge is -2.11. The van der Waals surface area contributed by atoms with Gasteiger partial charge in [0.25, 0.3) is 0 Å². The molecule has 0 aliphatic carbocycles. The van der Waals surface area contributed by atoms with Crippen LogP contribution in [0.1, 0.15) is 0 Å². The number of aromatic nitrogens is 3. The van der Waals surface area contributed by atoms with Gasteiger partial charge in [-0.2, -0.15) is 15.4 Å². The molecule has 0 spiro atoms. The lowest BCUT2D eigenvalue weighted by atomic mass is 10.3. The lowest BCUT2D eigenvalue weighted by Crippen LogP contribution is -2.23. The van der Waals surface area contributed by atoms with Crippen LogP contribution in [0.4, 0.5) is 10.5 Å². The average molecular weight is 220 g/mol. The third kappa shape index (κ3) is 3.79. The van der Waals surface area contributed by atoms with Gasteiger partial charge in [-0.05, 0) is 12.1 Å². The second-order valence-electron chi connectivity index (χ2n) is 2.83. The minimum absolute atomic E-state index is 0.681. The molecule has 6 heteroatoms. The van der Waals surface area contributed by atoms with Gasteiger partial charge < -0.3 is 5.11 Å². The van der Waals surface area contributed by atoms with Gasteiger partial charge in [0.15, 0.2) is 0 Å². The Kier molecular flexibility index (Phi) is 4.52. The molecular weight excluding hydrogens is 208 g/mol. The van der Waals surface area contributed by atoms with E-state index in [9.17, 15) is 4.79 Å². The molecule has 0 aliphatic rings. The van der Waals surface area contributed by atoms with E-state index in [1.54, 1.807) is 36.7 Å². The maximum atomic E-state index is 10.4. The van der Waals surface area contributed by atoms with Crippen LogP contribution >= 0.6 is 0 Å². The highest BCUT2D eigenvalue weighted by molar-refractivity contribution is 5.85. The van der Waals surface area contributed by atoms with Crippen molar-refractivity contribution < 1.29 is 9.90 Å². The van der Waals surface area contributed by atoms with Crippen molar-refractivity contribution >= 4 is 11.8 Å². The summed E-state index contributed by atoms with van der Waals surface area (Å²) in [6.45, 7) is 0. The zero-order chi connectivity index (χ0) is 11.8. The number of benzene rings is 1. The van der Waals surface area contributed by atoms with E-state index >= 15 is 0 Å².